The Morgan fingerprint density at radius 3 is 2.59 bits per heavy atom. The second-order valence-corrected chi connectivity index (χ2v) is 9.72. The first-order chi connectivity index (χ1) is 15.2. The van der Waals surface area contributed by atoms with Gasteiger partial charge in [0.05, 0.1) is 6.61 Å². The number of thiophene rings is 1. The molecular weight excluding hydrogens is 483 g/mol. The van der Waals surface area contributed by atoms with Crippen LogP contribution in [0.15, 0.2) is 30.3 Å². The lowest BCUT2D eigenvalue weighted by molar-refractivity contribution is -0.0191. The van der Waals surface area contributed by atoms with E-state index in [1.54, 1.807) is 17.0 Å². The normalized spacial score (nSPS) is 16.8. The third-order valence-corrected chi connectivity index (χ3v) is 6.93. The van der Waals surface area contributed by atoms with Gasteiger partial charge in [-0.15, -0.1) is 11.3 Å². The average Bonchev–Trinajstić information content (AvgIpc) is 3.18. The predicted octanol–water partition coefficient (Wildman–Crippen LogP) is 6.86. The number of aryl methyl sites for hydroxylation is 1. The van der Waals surface area contributed by atoms with Gasteiger partial charge in [0.1, 0.15) is 4.88 Å². The molecular formula is C22H23Cl2F2NO4S. The van der Waals surface area contributed by atoms with Crippen molar-refractivity contribution in [3.05, 3.63) is 55.7 Å². The molecule has 10 heteroatoms. The number of carbonyl (C=O) groups excluding carboxylic acids is 1. The van der Waals surface area contributed by atoms with Crippen molar-refractivity contribution in [1.82, 2.24) is 4.90 Å². The SMILES string of the molecule is O=C(O)c1ccc(CCCN2C(=O)OCC[C@@H]2CCCC(F)(F)c2cc(Cl)cc(Cl)c2)s1. The second-order valence-electron chi connectivity index (χ2n) is 7.68. The fraction of sp³-hybridized carbons (Fsp3) is 0.455. The van der Waals surface area contributed by atoms with Crippen molar-refractivity contribution in [1.29, 1.82) is 0 Å². The zero-order chi connectivity index (χ0) is 23.3. The van der Waals surface area contributed by atoms with Crippen molar-refractivity contribution < 1.29 is 28.2 Å². The summed E-state index contributed by atoms with van der Waals surface area (Å²) in [4.78, 5) is 26.0. The largest absolute Gasteiger partial charge is 0.477 e. The summed E-state index contributed by atoms with van der Waals surface area (Å²) < 4.78 is 34.4. The molecule has 0 radical (unpaired) electrons. The number of carboxylic acid groups (broad SMARTS) is 1. The van der Waals surface area contributed by atoms with Gasteiger partial charge in [-0.3, -0.25) is 0 Å². The number of carboxylic acids is 1. The molecule has 1 aromatic carbocycles. The van der Waals surface area contributed by atoms with E-state index in [0.29, 0.717) is 32.2 Å². The van der Waals surface area contributed by atoms with Gasteiger partial charge >= 0.3 is 12.1 Å². The van der Waals surface area contributed by atoms with Crippen LogP contribution in [0.25, 0.3) is 0 Å². The summed E-state index contributed by atoms with van der Waals surface area (Å²) in [5.74, 6) is -4.03. The van der Waals surface area contributed by atoms with E-state index in [0.717, 1.165) is 4.88 Å². The van der Waals surface area contributed by atoms with Crippen molar-refractivity contribution in [2.45, 2.75) is 50.5 Å². The van der Waals surface area contributed by atoms with Crippen molar-refractivity contribution >= 4 is 46.6 Å². The van der Waals surface area contributed by atoms with Crippen LogP contribution >= 0.6 is 34.5 Å². The highest BCUT2D eigenvalue weighted by Crippen LogP contribution is 2.37. The summed E-state index contributed by atoms with van der Waals surface area (Å²) in [6, 6.07) is 7.01. The number of benzene rings is 1. The number of alkyl halides is 2. The minimum Gasteiger partial charge on any atom is -0.477 e. The first kappa shape index (κ1) is 24.7. The van der Waals surface area contributed by atoms with Gasteiger partial charge in [0.15, 0.2) is 0 Å². The molecule has 1 N–H and O–H groups in total. The van der Waals surface area contributed by atoms with Gasteiger partial charge in [0.25, 0.3) is 5.92 Å². The molecule has 1 saturated heterocycles. The number of amides is 1. The molecule has 0 spiro atoms. The zero-order valence-electron chi connectivity index (χ0n) is 17.2. The number of nitrogens with zero attached hydrogens (tertiary/aromatic N) is 1. The highest BCUT2D eigenvalue weighted by molar-refractivity contribution is 7.13. The Bertz CT molecular complexity index is 949. The van der Waals surface area contributed by atoms with Gasteiger partial charge in [-0.05, 0) is 56.0 Å². The molecule has 1 aromatic heterocycles. The monoisotopic (exact) mass is 505 g/mol. The molecule has 2 heterocycles. The number of cyclic esters (lactones) is 1. The smallest absolute Gasteiger partial charge is 0.410 e. The molecule has 1 fully saturated rings. The molecule has 1 aliphatic rings. The fourth-order valence-corrected chi connectivity index (χ4v) is 5.18. The van der Waals surface area contributed by atoms with E-state index in [4.69, 9.17) is 33.0 Å². The van der Waals surface area contributed by atoms with Crippen molar-refractivity contribution in [2.75, 3.05) is 13.2 Å². The van der Waals surface area contributed by atoms with Gasteiger partial charge in [-0.1, -0.05) is 23.2 Å². The lowest BCUT2D eigenvalue weighted by Crippen LogP contribution is -2.46. The van der Waals surface area contributed by atoms with Gasteiger partial charge in [0.2, 0.25) is 0 Å². The number of ether oxygens (including phenoxy) is 1. The minimum absolute atomic E-state index is 0.162. The number of rotatable bonds is 10. The van der Waals surface area contributed by atoms with Crippen LogP contribution in [-0.2, 0) is 17.1 Å². The van der Waals surface area contributed by atoms with Gasteiger partial charge in [-0.25, -0.2) is 18.4 Å². The van der Waals surface area contributed by atoms with E-state index in [1.165, 1.54) is 29.5 Å². The van der Waals surface area contributed by atoms with Crippen LogP contribution in [0.5, 0.6) is 0 Å². The Morgan fingerprint density at radius 2 is 1.94 bits per heavy atom. The molecule has 5 nitrogen and oxygen atoms in total. The third-order valence-electron chi connectivity index (χ3n) is 5.36. The Balaban J connectivity index is 1.53. The number of aromatic carboxylic acids is 1. The molecule has 3 rings (SSSR count). The van der Waals surface area contributed by atoms with Crippen molar-refractivity contribution in [2.24, 2.45) is 0 Å². The molecule has 32 heavy (non-hydrogen) atoms. The lowest BCUT2D eigenvalue weighted by Gasteiger charge is -2.35. The predicted molar refractivity (Wildman–Crippen MR) is 120 cm³/mol. The Kier molecular flexibility index (Phi) is 8.36. The number of hydrogen-bond donors (Lipinski definition) is 1. The highest BCUT2D eigenvalue weighted by atomic mass is 35.5. The van der Waals surface area contributed by atoms with Crippen LogP contribution in [0.2, 0.25) is 10.0 Å². The van der Waals surface area contributed by atoms with Crippen LogP contribution in [0.1, 0.15) is 52.2 Å². The molecule has 2 aromatic rings. The summed E-state index contributed by atoms with van der Waals surface area (Å²) in [7, 11) is 0. The fourth-order valence-electron chi connectivity index (χ4n) is 3.76. The van der Waals surface area contributed by atoms with Crippen molar-refractivity contribution in [3.63, 3.8) is 0 Å². The number of carbonyl (C=O) groups is 2. The lowest BCUT2D eigenvalue weighted by atomic mass is 9.98. The molecule has 1 aliphatic heterocycles. The van der Waals surface area contributed by atoms with Crippen LogP contribution in [-0.4, -0.2) is 41.3 Å². The molecule has 0 unspecified atom stereocenters. The first-order valence-corrected chi connectivity index (χ1v) is 11.8. The molecule has 0 saturated carbocycles. The maximum Gasteiger partial charge on any atom is 0.410 e. The average molecular weight is 506 g/mol. The molecule has 0 aliphatic carbocycles. The van der Waals surface area contributed by atoms with Crippen molar-refractivity contribution in [3.8, 4) is 0 Å². The summed E-state index contributed by atoms with van der Waals surface area (Å²) >= 11 is 12.9. The number of hydrogen-bond acceptors (Lipinski definition) is 4. The Labute approximate surface area is 198 Å². The van der Waals surface area contributed by atoms with Crippen LogP contribution in [0.4, 0.5) is 13.6 Å². The quantitative estimate of drug-likeness (QED) is 0.382. The Hall–Kier alpha value is -1.90. The van der Waals surface area contributed by atoms with E-state index in [1.807, 2.05) is 0 Å². The zero-order valence-corrected chi connectivity index (χ0v) is 19.5. The van der Waals surface area contributed by atoms with E-state index >= 15 is 0 Å². The van der Waals surface area contributed by atoms with Gasteiger partial charge in [0, 0.05) is 45.9 Å². The standard InChI is InChI=1S/C22H23Cl2F2NO4S/c23-15-11-14(12-16(24)13-15)22(25,26)8-1-3-17-7-10-31-21(30)27(17)9-2-4-18-5-6-19(32-18)20(28)29/h5-6,11-13,17H,1-4,7-10H2,(H,28,29)/t17-/m0/s1. The topological polar surface area (TPSA) is 66.8 Å². The highest BCUT2D eigenvalue weighted by Gasteiger charge is 2.34. The van der Waals surface area contributed by atoms with E-state index < -0.39 is 18.0 Å². The van der Waals surface area contributed by atoms with Gasteiger partial charge < -0.3 is 14.7 Å². The number of halogens is 4. The maximum absolute atomic E-state index is 14.6. The molecule has 1 amide bonds. The maximum atomic E-state index is 14.6. The summed E-state index contributed by atoms with van der Waals surface area (Å²) in [6.45, 7) is 0.692. The molecule has 174 valence electrons. The van der Waals surface area contributed by atoms with Crippen LogP contribution in [0, 0.1) is 0 Å². The summed E-state index contributed by atoms with van der Waals surface area (Å²) in [6.07, 6.45) is 1.68. The van der Waals surface area contributed by atoms with Crippen LogP contribution in [0.3, 0.4) is 0 Å². The summed E-state index contributed by atoms with van der Waals surface area (Å²) in [5.41, 5.74) is -0.216. The molecule has 0 bridgehead atoms. The minimum atomic E-state index is -3.07. The molecule has 1 atom stereocenters. The van der Waals surface area contributed by atoms with E-state index in [2.05, 4.69) is 0 Å². The summed E-state index contributed by atoms with van der Waals surface area (Å²) in [5, 5.41) is 9.33. The third kappa shape index (κ3) is 6.56. The van der Waals surface area contributed by atoms with Crippen LogP contribution < -0.4 is 0 Å². The van der Waals surface area contributed by atoms with E-state index in [9.17, 15) is 18.4 Å². The van der Waals surface area contributed by atoms with Gasteiger partial charge in [-0.2, -0.15) is 0 Å². The Morgan fingerprint density at radius 1 is 1.22 bits per heavy atom. The second kappa shape index (κ2) is 10.8. The first-order valence-electron chi connectivity index (χ1n) is 10.3. The van der Waals surface area contributed by atoms with E-state index in [-0.39, 0.29) is 46.0 Å².